The molecule has 1 fully saturated rings. The van der Waals surface area contributed by atoms with Crippen LogP contribution < -0.4 is 0 Å². The molecule has 0 aromatic heterocycles. The lowest BCUT2D eigenvalue weighted by Crippen LogP contribution is -2.56. The van der Waals surface area contributed by atoms with Gasteiger partial charge in [0.2, 0.25) is 0 Å². The number of rotatable bonds is 27. The van der Waals surface area contributed by atoms with E-state index in [2.05, 4.69) is 54.5 Å². The maximum atomic E-state index is 12.9. The number of aliphatic hydroxyl groups is 10. The smallest absolute Gasteiger partial charge is 0.160 e. The Morgan fingerprint density at radius 1 is 0.754 bits per heavy atom. The predicted octanol–water partition coefficient (Wildman–Crippen LogP) is 2.84. The van der Waals surface area contributed by atoms with Crippen molar-refractivity contribution in [3.8, 4) is 0 Å². The summed E-state index contributed by atoms with van der Waals surface area (Å²) >= 11 is 0. The van der Waals surface area contributed by atoms with Gasteiger partial charge >= 0.3 is 0 Å². The lowest BCUT2D eigenvalue weighted by molar-refractivity contribution is -0.199. The number of ether oxygens (including phenoxy) is 2. The molecule has 0 heterocycles. The number of allylic oxidation sites excluding steroid dienone is 3. The summed E-state index contributed by atoms with van der Waals surface area (Å²) in [4.78, 5) is 12.9. The van der Waals surface area contributed by atoms with Crippen LogP contribution >= 0.6 is 0 Å². The van der Waals surface area contributed by atoms with Gasteiger partial charge in [-0.3, -0.25) is 4.79 Å². The lowest BCUT2D eigenvalue weighted by atomic mass is 9.79. The first kappa shape index (κ1) is 53.4. The van der Waals surface area contributed by atoms with Gasteiger partial charge < -0.3 is 60.5 Å². The summed E-state index contributed by atoms with van der Waals surface area (Å²) in [6.45, 7) is 18.3. The van der Waals surface area contributed by atoms with Crippen LogP contribution in [0.25, 0.3) is 0 Å². The molecule has 334 valence electrons. The third kappa shape index (κ3) is 17.5. The van der Waals surface area contributed by atoms with Crippen LogP contribution in [0.15, 0.2) is 34.9 Å². The van der Waals surface area contributed by atoms with Gasteiger partial charge in [0, 0.05) is 30.8 Å². The second-order valence-electron chi connectivity index (χ2n) is 17.5. The van der Waals surface area contributed by atoms with Crippen molar-refractivity contribution in [3.63, 3.8) is 0 Å². The Balaban J connectivity index is 3.03. The maximum Gasteiger partial charge on any atom is 0.160 e. The van der Waals surface area contributed by atoms with E-state index in [1.165, 1.54) is 0 Å². The topological polar surface area (TPSA) is 238 Å². The monoisotopic (exact) mass is 817 g/mol. The van der Waals surface area contributed by atoms with Crippen LogP contribution in [-0.4, -0.2) is 144 Å². The first-order valence-corrected chi connectivity index (χ1v) is 21.1. The number of carbonyl (C=O) groups excluding carboxylic acids is 1. The van der Waals surface area contributed by atoms with Crippen molar-refractivity contribution in [2.45, 2.75) is 169 Å². The molecule has 0 aromatic rings. The van der Waals surface area contributed by atoms with Crippen molar-refractivity contribution in [1.82, 2.24) is 0 Å². The van der Waals surface area contributed by atoms with Crippen molar-refractivity contribution in [3.05, 3.63) is 34.9 Å². The van der Waals surface area contributed by atoms with Gasteiger partial charge in [0.1, 0.15) is 36.6 Å². The Hall–Kier alpha value is -1.59. The van der Waals surface area contributed by atoms with Crippen LogP contribution in [0.5, 0.6) is 0 Å². The highest BCUT2D eigenvalue weighted by Crippen LogP contribution is 2.34. The average Bonchev–Trinajstić information content (AvgIpc) is 3.16. The zero-order valence-electron chi connectivity index (χ0n) is 36.3. The number of Topliss-reactive ketones (excluding diaryl/α,β-unsaturated/α-hetero) is 1. The van der Waals surface area contributed by atoms with E-state index >= 15 is 0 Å². The zero-order chi connectivity index (χ0) is 43.7. The van der Waals surface area contributed by atoms with Gasteiger partial charge in [-0.05, 0) is 81.3 Å². The Morgan fingerprint density at radius 3 is 1.93 bits per heavy atom. The highest BCUT2D eigenvalue weighted by molar-refractivity contribution is 5.94. The van der Waals surface area contributed by atoms with E-state index in [0.717, 1.165) is 30.4 Å². The fourth-order valence-electron chi connectivity index (χ4n) is 8.37. The van der Waals surface area contributed by atoms with E-state index in [0.29, 0.717) is 23.8 Å². The van der Waals surface area contributed by atoms with Crippen molar-refractivity contribution < 1.29 is 65.3 Å². The maximum absolute atomic E-state index is 12.9. The molecule has 1 aliphatic carbocycles. The molecular weight excluding hydrogens is 736 g/mol. The number of ketones is 1. The molecule has 0 saturated heterocycles. The van der Waals surface area contributed by atoms with Gasteiger partial charge in [0.15, 0.2) is 5.78 Å². The second-order valence-corrected chi connectivity index (χ2v) is 17.5. The molecule has 0 radical (unpaired) electrons. The fraction of sp³-hybridized carbons (Fsp3) is 0.841. The first-order chi connectivity index (χ1) is 26.6. The van der Waals surface area contributed by atoms with E-state index in [-0.39, 0.29) is 55.7 Å². The number of hydrogen-bond acceptors (Lipinski definition) is 13. The first-order valence-electron chi connectivity index (χ1n) is 21.1. The van der Waals surface area contributed by atoms with Crippen LogP contribution in [0.1, 0.15) is 108 Å². The molecular formula is C44H80O13. The van der Waals surface area contributed by atoms with E-state index < -0.39 is 80.0 Å². The van der Waals surface area contributed by atoms with Gasteiger partial charge in [-0.1, -0.05) is 78.7 Å². The Bertz CT molecular complexity index is 1240. The third-order valence-electron chi connectivity index (χ3n) is 11.8. The van der Waals surface area contributed by atoms with Gasteiger partial charge in [-0.25, -0.2) is 0 Å². The number of hydrogen-bond donors (Lipinski definition) is 10. The minimum Gasteiger partial charge on any atom is -0.396 e. The van der Waals surface area contributed by atoms with Gasteiger partial charge in [-0.2, -0.15) is 0 Å². The van der Waals surface area contributed by atoms with E-state index in [4.69, 9.17) is 14.6 Å². The highest BCUT2D eigenvalue weighted by atomic mass is 16.5. The summed E-state index contributed by atoms with van der Waals surface area (Å²) in [7, 11) is 0. The molecule has 0 amide bonds. The van der Waals surface area contributed by atoms with Crippen LogP contribution in [-0.2, 0) is 14.3 Å². The van der Waals surface area contributed by atoms with Gasteiger partial charge in [0.05, 0.1) is 44.2 Å². The van der Waals surface area contributed by atoms with Crippen molar-refractivity contribution >= 4 is 5.78 Å². The van der Waals surface area contributed by atoms with E-state index in [9.17, 15) is 50.8 Å². The fourth-order valence-corrected chi connectivity index (χ4v) is 8.37. The van der Waals surface area contributed by atoms with Crippen LogP contribution in [0.4, 0.5) is 0 Å². The standard InChI is InChI=1S/C44H80O13/c1-11-24(2)14-25(3)17-31(9)43(57-37-20-33(21-45)39(52)42(55)41(37)54)32(10)18-27(5)15-26(4)16-29(7)38(51)30(8)19-28(6)34(48)12-13-56-44(36(50)23-47)40(53)35(49)22-46/h16,18-19,24-26,30-33,35-47,49-55H,11-15,17,20-23H2,1-10H3. The summed E-state index contributed by atoms with van der Waals surface area (Å²) in [5, 5.41) is 101. The number of aliphatic hydroxyl groups excluding tert-OH is 10. The summed E-state index contributed by atoms with van der Waals surface area (Å²) in [6, 6.07) is 0. The molecule has 13 nitrogen and oxygen atoms in total. The predicted molar refractivity (Wildman–Crippen MR) is 220 cm³/mol. The largest absolute Gasteiger partial charge is 0.396 e. The summed E-state index contributed by atoms with van der Waals surface area (Å²) in [6.07, 6.45) is -2.21. The van der Waals surface area contributed by atoms with Gasteiger partial charge in [-0.15, -0.1) is 0 Å². The molecule has 17 atom stereocenters. The average molecular weight is 817 g/mol. The second kappa shape index (κ2) is 26.6. The van der Waals surface area contributed by atoms with E-state index in [1.54, 1.807) is 13.0 Å². The molecule has 17 unspecified atom stereocenters. The molecule has 1 saturated carbocycles. The molecule has 0 aromatic carbocycles. The minimum atomic E-state index is -1.68. The minimum absolute atomic E-state index is 0.0543. The molecule has 1 rings (SSSR count). The third-order valence-corrected chi connectivity index (χ3v) is 11.8. The molecule has 13 heteroatoms. The SMILES string of the molecule is CCC(C)CC(C)CC(C)C(OC1CC(CO)C(O)C(O)C1O)C(C)C=C(C)CC(C)C=C(C)C(O)C(C)C=C(C)C(=O)CCOC(C(O)CO)C(O)C(O)CO. The molecule has 0 bridgehead atoms. The molecule has 0 aliphatic heterocycles. The molecule has 10 N–H and O–H groups in total. The lowest BCUT2D eigenvalue weighted by Gasteiger charge is -2.43. The van der Waals surface area contributed by atoms with Crippen LogP contribution in [0.2, 0.25) is 0 Å². The van der Waals surface area contributed by atoms with Crippen molar-refractivity contribution in [1.29, 1.82) is 0 Å². The summed E-state index contributed by atoms with van der Waals surface area (Å²) in [5.74, 6) is -0.0923. The van der Waals surface area contributed by atoms with Crippen LogP contribution in [0, 0.1) is 41.4 Å². The quantitative estimate of drug-likeness (QED) is 0.0425. The molecule has 57 heavy (non-hydrogen) atoms. The molecule has 1 aliphatic rings. The van der Waals surface area contributed by atoms with Crippen molar-refractivity contribution in [2.24, 2.45) is 41.4 Å². The number of carbonyl (C=O) groups is 1. The molecule has 0 spiro atoms. The summed E-state index contributed by atoms with van der Waals surface area (Å²) in [5.41, 5.74) is 2.27. The zero-order valence-corrected chi connectivity index (χ0v) is 36.3. The van der Waals surface area contributed by atoms with Crippen molar-refractivity contribution in [2.75, 3.05) is 26.4 Å². The van der Waals surface area contributed by atoms with Crippen LogP contribution in [0.3, 0.4) is 0 Å². The highest BCUT2D eigenvalue weighted by Gasteiger charge is 2.44. The Kier molecular flexibility index (Phi) is 24.9. The van der Waals surface area contributed by atoms with E-state index in [1.807, 2.05) is 19.9 Å². The Labute approximate surface area is 342 Å². The Morgan fingerprint density at radius 2 is 1.37 bits per heavy atom. The summed E-state index contributed by atoms with van der Waals surface area (Å²) < 4.78 is 12.1. The van der Waals surface area contributed by atoms with Gasteiger partial charge in [0.25, 0.3) is 0 Å². The normalized spacial score (nSPS) is 27.7.